The van der Waals surface area contributed by atoms with E-state index in [1.165, 1.54) is 0 Å². The van der Waals surface area contributed by atoms with Gasteiger partial charge in [0.15, 0.2) is 0 Å². The fourth-order valence-electron chi connectivity index (χ4n) is 2.86. The normalized spacial score (nSPS) is 21.5. The molecule has 1 aromatic carbocycles. The fourth-order valence-corrected chi connectivity index (χ4v) is 2.86. The molecular formula is C14H21N3O2. The van der Waals surface area contributed by atoms with Gasteiger partial charge in [0, 0.05) is 37.3 Å². The molecule has 2 atom stereocenters. The Bertz CT molecular complexity index is 450. The van der Waals surface area contributed by atoms with Gasteiger partial charge in [-0.15, -0.1) is 0 Å². The van der Waals surface area contributed by atoms with E-state index in [2.05, 4.69) is 17.1 Å². The van der Waals surface area contributed by atoms with Crippen molar-refractivity contribution >= 4 is 5.69 Å². The minimum Gasteiger partial charge on any atom is -0.316 e. The number of hydrogen-bond acceptors (Lipinski definition) is 4. The van der Waals surface area contributed by atoms with Crippen molar-refractivity contribution in [2.24, 2.45) is 0 Å². The first kappa shape index (κ1) is 14.0. The Hall–Kier alpha value is -1.46. The van der Waals surface area contributed by atoms with Gasteiger partial charge in [0.25, 0.3) is 5.69 Å². The van der Waals surface area contributed by atoms with Crippen LogP contribution in [0.3, 0.4) is 0 Å². The third-order valence-corrected chi connectivity index (χ3v) is 3.92. The summed E-state index contributed by atoms with van der Waals surface area (Å²) in [5.74, 6) is 0. The number of nitrogens with zero attached hydrogens (tertiary/aromatic N) is 2. The van der Waals surface area contributed by atoms with Gasteiger partial charge in [0.05, 0.1) is 4.92 Å². The third kappa shape index (κ3) is 3.11. The lowest BCUT2D eigenvalue weighted by Crippen LogP contribution is -2.31. The Balaban J connectivity index is 2.17. The summed E-state index contributed by atoms with van der Waals surface area (Å²) in [5.41, 5.74) is 1.23. The van der Waals surface area contributed by atoms with E-state index in [4.69, 9.17) is 0 Å². The lowest BCUT2D eigenvalue weighted by Gasteiger charge is -2.27. The zero-order valence-corrected chi connectivity index (χ0v) is 11.5. The number of likely N-dealkylation sites (N-methyl/N-ethyl adjacent to an activating group) is 1. The Labute approximate surface area is 113 Å². The summed E-state index contributed by atoms with van der Waals surface area (Å²) in [6, 6.07) is 7.85. The summed E-state index contributed by atoms with van der Waals surface area (Å²) in [6.07, 6.45) is 2.11. The Morgan fingerprint density at radius 3 is 2.95 bits per heavy atom. The van der Waals surface area contributed by atoms with Crippen molar-refractivity contribution in [3.05, 3.63) is 39.9 Å². The van der Waals surface area contributed by atoms with Crippen molar-refractivity contribution in [3.8, 4) is 0 Å². The predicted molar refractivity (Wildman–Crippen MR) is 75.2 cm³/mol. The Morgan fingerprint density at radius 1 is 1.58 bits per heavy atom. The van der Waals surface area contributed by atoms with Crippen molar-refractivity contribution in [1.82, 2.24) is 10.2 Å². The van der Waals surface area contributed by atoms with Gasteiger partial charge in [0.2, 0.25) is 0 Å². The van der Waals surface area contributed by atoms with Gasteiger partial charge in [-0.1, -0.05) is 19.1 Å². The van der Waals surface area contributed by atoms with Crippen LogP contribution in [-0.2, 0) is 0 Å². The zero-order valence-electron chi connectivity index (χ0n) is 11.5. The van der Waals surface area contributed by atoms with Crippen LogP contribution in [0.15, 0.2) is 24.3 Å². The van der Waals surface area contributed by atoms with Gasteiger partial charge in [-0.25, -0.2) is 0 Å². The highest BCUT2D eigenvalue weighted by Gasteiger charge is 2.27. The average molecular weight is 263 g/mol. The number of hydrogen-bond donors (Lipinski definition) is 1. The maximum Gasteiger partial charge on any atom is 0.269 e. The highest BCUT2D eigenvalue weighted by Crippen LogP contribution is 2.29. The molecule has 0 spiro atoms. The second-order valence-electron chi connectivity index (χ2n) is 5.05. The molecule has 1 heterocycles. The standard InChI is InChI=1S/C14H21N3O2/c1-3-14(16-8-7-12(10-16)15-2)11-5-4-6-13(9-11)17(18)19/h4-6,9,12,14-15H,3,7-8,10H2,1-2H3. The zero-order chi connectivity index (χ0) is 13.8. The molecule has 1 N–H and O–H groups in total. The molecule has 19 heavy (non-hydrogen) atoms. The molecule has 0 aliphatic carbocycles. The molecule has 1 aliphatic heterocycles. The quantitative estimate of drug-likeness (QED) is 0.654. The molecule has 2 unspecified atom stereocenters. The van der Waals surface area contributed by atoms with E-state index in [1.807, 2.05) is 13.1 Å². The SMILES string of the molecule is CCC(c1cccc([N+](=O)[O-])c1)N1CCC(NC)C1. The molecule has 0 amide bonds. The molecule has 5 nitrogen and oxygen atoms in total. The minimum absolute atomic E-state index is 0.181. The maximum atomic E-state index is 10.9. The summed E-state index contributed by atoms with van der Waals surface area (Å²) < 4.78 is 0. The van der Waals surface area contributed by atoms with Gasteiger partial charge in [0.1, 0.15) is 0 Å². The molecule has 1 aliphatic rings. The van der Waals surface area contributed by atoms with Crippen LogP contribution in [0.25, 0.3) is 0 Å². The van der Waals surface area contributed by atoms with Crippen molar-refractivity contribution in [1.29, 1.82) is 0 Å². The summed E-state index contributed by atoms with van der Waals surface area (Å²) in [6.45, 7) is 4.20. The molecule has 1 saturated heterocycles. The van der Waals surface area contributed by atoms with E-state index in [-0.39, 0.29) is 16.7 Å². The van der Waals surface area contributed by atoms with E-state index >= 15 is 0 Å². The lowest BCUT2D eigenvalue weighted by molar-refractivity contribution is -0.385. The number of nitro benzene ring substituents is 1. The Kier molecular flexibility index (Phi) is 4.50. The number of non-ortho nitro benzene ring substituents is 1. The second kappa shape index (κ2) is 6.12. The molecule has 5 heteroatoms. The van der Waals surface area contributed by atoms with Crippen LogP contribution in [0.1, 0.15) is 31.4 Å². The summed E-state index contributed by atoms with van der Waals surface area (Å²) in [7, 11) is 1.99. The van der Waals surface area contributed by atoms with Gasteiger partial charge in [-0.05, 0) is 25.5 Å². The monoisotopic (exact) mass is 263 g/mol. The highest BCUT2D eigenvalue weighted by molar-refractivity contribution is 5.36. The molecule has 0 radical (unpaired) electrons. The molecule has 0 aromatic heterocycles. The summed E-state index contributed by atoms with van der Waals surface area (Å²) >= 11 is 0. The molecule has 1 fully saturated rings. The number of rotatable bonds is 5. The number of likely N-dealkylation sites (tertiary alicyclic amines) is 1. The minimum atomic E-state index is -0.323. The van der Waals surface area contributed by atoms with Crippen LogP contribution in [0.4, 0.5) is 5.69 Å². The van der Waals surface area contributed by atoms with Crippen molar-refractivity contribution in [2.45, 2.75) is 31.8 Å². The molecule has 0 bridgehead atoms. The van der Waals surface area contributed by atoms with E-state index in [9.17, 15) is 10.1 Å². The molecule has 0 saturated carbocycles. The molecule has 2 rings (SSSR count). The number of nitrogens with one attached hydrogen (secondary N) is 1. The van der Waals surface area contributed by atoms with Crippen LogP contribution in [0.2, 0.25) is 0 Å². The predicted octanol–water partition coefficient (Wildman–Crippen LogP) is 2.34. The van der Waals surface area contributed by atoms with Crippen molar-refractivity contribution < 1.29 is 4.92 Å². The number of nitro groups is 1. The summed E-state index contributed by atoms with van der Waals surface area (Å²) in [4.78, 5) is 13.0. The largest absolute Gasteiger partial charge is 0.316 e. The van der Waals surface area contributed by atoms with Crippen LogP contribution in [-0.4, -0.2) is 36.0 Å². The first-order valence-corrected chi connectivity index (χ1v) is 6.81. The molecule has 1 aromatic rings. The molecule has 104 valence electrons. The highest BCUT2D eigenvalue weighted by atomic mass is 16.6. The average Bonchev–Trinajstić information content (AvgIpc) is 2.89. The van der Waals surface area contributed by atoms with Gasteiger partial charge >= 0.3 is 0 Å². The smallest absolute Gasteiger partial charge is 0.269 e. The van der Waals surface area contributed by atoms with E-state index in [1.54, 1.807) is 18.2 Å². The van der Waals surface area contributed by atoms with Crippen molar-refractivity contribution in [3.63, 3.8) is 0 Å². The Morgan fingerprint density at radius 2 is 2.37 bits per heavy atom. The van der Waals surface area contributed by atoms with Gasteiger partial charge in [-0.2, -0.15) is 0 Å². The first-order valence-electron chi connectivity index (χ1n) is 6.81. The fraction of sp³-hybridized carbons (Fsp3) is 0.571. The second-order valence-corrected chi connectivity index (χ2v) is 5.05. The van der Waals surface area contributed by atoms with E-state index in [0.717, 1.165) is 31.5 Å². The summed E-state index contributed by atoms with van der Waals surface area (Å²) in [5, 5.41) is 14.2. The van der Waals surface area contributed by atoms with Crippen molar-refractivity contribution in [2.75, 3.05) is 20.1 Å². The van der Waals surface area contributed by atoms with E-state index < -0.39 is 0 Å². The lowest BCUT2D eigenvalue weighted by atomic mass is 10.0. The molecular weight excluding hydrogens is 242 g/mol. The van der Waals surface area contributed by atoms with Gasteiger partial charge in [-0.3, -0.25) is 15.0 Å². The van der Waals surface area contributed by atoms with Crippen LogP contribution in [0, 0.1) is 10.1 Å². The topological polar surface area (TPSA) is 58.4 Å². The van der Waals surface area contributed by atoms with E-state index in [0.29, 0.717) is 6.04 Å². The van der Waals surface area contributed by atoms with Crippen LogP contribution in [0.5, 0.6) is 0 Å². The van der Waals surface area contributed by atoms with Crippen LogP contribution < -0.4 is 5.32 Å². The maximum absolute atomic E-state index is 10.9. The third-order valence-electron chi connectivity index (χ3n) is 3.92. The number of benzene rings is 1. The van der Waals surface area contributed by atoms with Crippen LogP contribution >= 0.6 is 0 Å². The first-order chi connectivity index (χ1) is 9.15. The van der Waals surface area contributed by atoms with Gasteiger partial charge < -0.3 is 5.32 Å².